The van der Waals surface area contributed by atoms with Crippen LogP contribution in [0.5, 0.6) is 0 Å². The third-order valence-corrected chi connectivity index (χ3v) is 15.8. The summed E-state index contributed by atoms with van der Waals surface area (Å²) in [6.07, 6.45) is -11.5. The first kappa shape index (κ1) is 96.6. The number of rotatable bonds is 29. The number of amides is 12. The van der Waals surface area contributed by atoms with Gasteiger partial charge in [0, 0.05) is 76.3 Å². The highest BCUT2D eigenvalue weighted by Gasteiger charge is 2.39. The molecule has 0 radical (unpaired) electrons. The second-order valence-corrected chi connectivity index (χ2v) is 33.1. The Balaban J connectivity index is 4.40. The van der Waals surface area contributed by atoms with E-state index in [1.54, 1.807) is 138 Å². The van der Waals surface area contributed by atoms with Crippen LogP contribution in [0.1, 0.15) is 223 Å². The van der Waals surface area contributed by atoms with Gasteiger partial charge in [0.25, 0.3) is 0 Å². The van der Waals surface area contributed by atoms with Crippen LogP contribution < -0.4 is 63.8 Å². The van der Waals surface area contributed by atoms with Crippen LogP contribution in [0, 0.1) is 35.5 Å². The monoisotopic (exact) mass is 1520 g/mol. The lowest BCUT2D eigenvalue weighted by atomic mass is 9.89. The van der Waals surface area contributed by atoms with E-state index >= 15 is 9.59 Å². The van der Waals surface area contributed by atoms with E-state index in [4.69, 9.17) is 23.7 Å². The van der Waals surface area contributed by atoms with Gasteiger partial charge in [-0.3, -0.25) is 47.9 Å². The highest BCUT2D eigenvalue weighted by molar-refractivity contribution is 5.99. The maximum atomic E-state index is 15.2. The maximum Gasteiger partial charge on any atom is 0.407 e. The fraction of sp³-hybridized carbons (Fsp3) is 0.795. The number of aliphatic hydroxyl groups excluding tert-OH is 2. The van der Waals surface area contributed by atoms with Gasteiger partial charge in [-0.15, -0.1) is 0 Å². The lowest BCUT2D eigenvalue weighted by molar-refractivity contribution is -0.137. The fourth-order valence-corrected chi connectivity index (χ4v) is 10.6. The molecule has 0 aliphatic carbocycles. The molecule has 1 heterocycles. The highest BCUT2D eigenvalue weighted by Crippen LogP contribution is 2.22. The molecule has 1 rings (SSSR count). The number of hydrogen-bond donors (Lipinski definition) is 14. The summed E-state index contributed by atoms with van der Waals surface area (Å²) >= 11 is 0. The van der Waals surface area contributed by atoms with Crippen LogP contribution >= 0.6 is 0 Å². The molecule has 1 aliphatic rings. The molecule has 34 nitrogen and oxygen atoms in total. The summed E-state index contributed by atoms with van der Waals surface area (Å²) in [7, 11) is 0. The van der Waals surface area contributed by atoms with Gasteiger partial charge < -0.3 is 97.7 Å². The Hall–Kier alpha value is -8.43. The number of aliphatic hydroxyl groups is 2. The van der Waals surface area contributed by atoms with E-state index in [0.717, 1.165) is 6.92 Å². The van der Waals surface area contributed by atoms with Crippen molar-refractivity contribution in [3.8, 4) is 0 Å². The smallest absolute Gasteiger partial charge is 0.407 e. The third kappa shape index (κ3) is 42.6. The van der Waals surface area contributed by atoms with E-state index in [0.29, 0.717) is 0 Å². The van der Waals surface area contributed by atoms with Crippen molar-refractivity contribution in [2.24, 2.45) is 35.5 Å². The molecular weight excluding hydrogens is 1400 g/mol. The zero-order chi connectivity index (χ0) is 82.3. The lowest BCUT2D eigenvalue weighted by Crippen LogP contribution is -2.59. The van der Waals surface area contributed by atoms with Gasteiger partial charge in [-0.1, -0.05) is 34.6 Å². The van der Waals surface area contributed by atoms with Gasteiger partial charge in [0.05, 0.1) is 30.2 Å². The molecule has 1 aliphatic heterocycles. The van der Waals surface area contributed by atoms with E-state index in [9.17, 15) is 72.5 Å². The molecule has 107 heavy (non-hydrogen) atoms. The Morgan fingerprint density at radius 3 is 1.21 bits per heavy atom. The van der Waals surface area contributed by atoms with Crippen molar-refractivity contribution in [3.63, 3.8) is 0 Å². The molecule has 0 saturated carbocycles. The van der Waals surface area contributed by atoms with Crippen LogP contribution in [0.4, 0.5) is 24.0 Å². The summed E-state index contributed by atoms with van der Waals surface area (Å²) in [5.74, 6) is -15.1. The zero-order valence-corrected chi connectivity index (χ0v) is 67.2. The minimum absolute atomic E-state index is 0.0122. The van der Waals surface area contributed by atoms with Gasteiger partial charge in [-0.05, 0) is 181 Å². The minimum atomic E-state index is -1.82. The molecule has 14 N–H and O–H groups in total. The number of carbonyl (C=O) groups excluding carboxylic acids is 15. The quantitative estimate of drug-likeness (QED) is 0.0466. The molecule has 0 bridgehead atoms. The van der Waals surface area contributed by atoms with Gasteiger partial charge >= 0.3 is 30.5 Å². The highest BCUT2D eigenvalue weighted by atomic mass is 16.6. The summed E-state index contributed by atoms with van der Waals surface area (Å²) in [6, 6.07) is -9.55. The Labute approximate surface area is 630 Å². The van der Waals surface area contributed by atoms with Crippen molar-refractivity contribution in [2.75, 3.05) is 39.3 Å². The predicted molar refractivity (Wildman–Crippen MR) is 394 cm³/mol. The average Bonchev–Trinajstić information content (AvgIpc) is 1.17. The van der Waals surface area contributed by atoms with E-state index < -0.39 is 234 Å². The van der Waals surface area contributed by atoms with Gasteiger partial charge in [-0.2, -0.15) is 0 Å². The van der Waals surface area contributed by atoms with E-state index in [1.807, 2.05) is 0 Å². The molecule has 0 aromatic heterocycles. The molecule has 1 saturated heterocycles. The number of ketones is 3. The van der Waals surface area contributed by atoms with Gasteiger partial charge in [0.2, 0.25) is 41.4 Å². The summed E-state index contributed by atoms with van der Waals surface area (Å²) < 4.78 is 26.8. The molecule has 0 spiro atoms. The summed E-state index contributed by atoms with van der Waals surface area (Å²) in [5.41, 5.74) is -4.65. The first-order chi connectivity index (χ1) is 49.0. The first-order valence-electron chi connectivity index (χ1n) is 36.9. The number of carbonyl (C=O) groups is 15. The second kappa shape index (κ2) is 44.8. The molecule has 1 fully saturated rings. The third-order valence-electron chi connectivity index (χ3n) is 15.8. The van der Waals surface area contributed by atoms with Crippen LogP contribution in [0.25, 0.3) is 0 Å². The number of hydrogen-bond acceptors (Lipinski definition) is 22. The van der Waals surface area contributed by atoms with Crippen molar-refractivity contribution in [1.82, 2.24) is 63.8 Å². The Kier molecular flexibility index (Phi) is 40.4. The minimum Gasteiger partial charge on any atom is -0.444 e. The molecular formula is C73H128N12O22. The van der Waals surface area contributed by atoms with Crippen LogP contribution in [-0.4, -0.2) is 215 Å². The molecule has 0 aromatic carbocycles. The van der Waals surface area contributed by atoms with E-state index in [2.05, 4.69) is 63.8 Å². The second-order valence-electron chi connectivity index (χ2n) is 33.1. The van der Waals surface area contributed by atoms with Crippen LogP contribution in [0.15, 0.2) is 0 Å². The zero-order valence-electron chi connectivity index (χ0n) is 67.2. The molecule has 34 heteroatoms. The van der Waals surface area contributed by atoms with Gasteiger partial charge in [0.15, 0.2) is 11.6 Å². The summed E-state index contributed by atoms with van der Waals surface area (Å²) in [5, 5.41) is 53.3. The van der Waals surface area contributed by atoms with E-state index in [1.165, 1.54) is 6.92 Å². The molecule has 12 atom stereocenters. The topological polar surface area (TPSA) is 487 Å². The van der Waals surface area contributed by atoms with Crippen molar-refractivity contribution in [3.05, 3.63) is 0 Å². The average molecular weight is 1530 g/mol. The number of ether oxygens (including phenoxy) is 5. The molecule has 612 valence electrons. The first-order valence-corrected chi connectivity index (χ1v) is 36.9. The van der Waals surface area contributed by atoms with Crippen molar-refractivity contribution >= 4 is 89.2 Å². The van der Waals surface area contributed by atoms with Crippen molar-refractivity contribution in [2.45, 2.75) is 299 Å². The summed E-state index contributed by atoms with van der Waals surface area (Å²) in [6.45, 7) is 33.5. The molecule has 2 unspecified atom stereocenters. The van der Waals surface area contributed by atoms with Crippen LogP contribution in [-0.2, 0) is 71.6 Å². The predicted octanol–water partition coefficient (Wildman–Crippen LogP) is 4.21. The largest absolute Gasteiger partial charge is 0.444 e. The lowest BCUT2D eigenvalue weighted by Gasteiger charge is -2.29. The number of nitrogens with one attached hydrogen (secondary N) is 12. The molecule has 12 amide bonds. The number of alkyl carbamates (subject to hydrolysis) is 5. The van der Waals surface area contributed by atoms with Crippen molar-refractivity contribution < 1.29 is 106 Å². The van der Waals surface area contributed by atoms with E-state index in [-0.39, 0.29) is 76.7 Å². The fourth-order valence-electron chi connectivity index (χ4n) is 10.6. The molecule has 0 aromatic rings. The van der Waals surface area contributed by atoms with Gasteiger partial charge in [0.1, 0.15) is 58.0 Å². The number of Topliss-reactive ketones (excluding diaryl/α,β-unsaturated/α-hetero) is 3. The normalized spacial score (nSPS) is 21.0. The Bertz CT molecular complexity index is 3000. The van der Waals surface area contributed by atoms with Gasteiger partial charge in [-0.25, -0.2) is 24.0 Å². The maximum absolute atomic E-state index is 15.2. The Morgan fingerprint density at radius 2 is 0.804 bits per heavy atom. The van der Waals surface area contributed by atoms with Crippen LogP contribution in [0.2, 0.25) is 0 Å². The summed E-state index contributed by atoms with van der Waals surface area (Å²) in [4.78, 5) is 211. The van der Waals surface area contributed by atoms with Crippen LogP contribution in [0.3, 0.4) is 0 Å². The standard InChI is InChI=1S/C73H128N12O22/c1-40(2)35-51-61(95)81-49(27-33-78-67(101)106-72(17,18)19)55(90)38-46(25-31-76-65(99)104-70(11,12)13)58(92)85-56(44(7)87)63(97)74-30-24-45(57(91)82-50(28-34-79-68(102)107-73(20,21)22)60(94)83-52(36-41(3)4)62(96)84-51)37-54(89)48(26-32-77-66(100)105-71(14,15)16)80-59(93)47(43(6)86)39-53(88)42(5)23-29-75-64(98)103-69(8,9)10/h40-52,56,86-87H,23-39H2,1-22H3,(H,74,97)(H,75,98)(H,76,99)(H,77,100)(H,78,101)(H,79,102)(H,80,93)(H,81,95)(H,82,91)(H,83,94)(H,84,96)(H,85,92)/t42-,43?,44?,45+,46+,47-,48-,49-,50-,51-,52+,56-/m0/s1. The van der Waals surface area contributed by atoms with Crippen molar-refractivity contribution in [1.29, 1.82) is 0 Å². The SMILES string of the molecule is CC(C)C[C@@H]1NC(=O)[C@@H](CC(C)C)NC(=O)[C@H](CCNC(=O)OC(C)(C)C)NC(=O)[C@@H](CC(=O)[C@H](CCNC(=O)OC(C)(C)C)NC(=O)[C@@H](CC(=O)[C@@H](C)CCNC(=O)OC(C)(C)C)C(C)O)CCNC(=O)[C@H](C(C)O)NC(=O)[C@H](CCNC(=O)OC(C)(C)C)CC(=O)[C@H](CCNC(=O)OC(C)(C)C)NC1=O. The Morgan fingerprint density at radius 1 is 0.439 bits per heavy atom.